The molecule has 0 atom stereocenters. The number of unbranched alkanes of at least 4 members (excludes halogenated alkanes) is 1. The van der Waals surface area contributed by atoms with Gasteiger partial charge in [0.2, 0.25) is 0 Å². The Hall–Kier alpha value is -1.54. The average molecular weight is 293 g/mol. The van der Waals surface area contributed by atoms with Crippen LogP contribution in [-0.4, -0.2) is 0 Å². The first-order valence-electron chi connectivity index (χ1n) is 6.83. The lowest BCUT2D eigenvalue weighted by Gasteiger charge is -2.08. The van der Waals surface area contributed by atoms with Crippen molar-refractivity contribution in [1.29, 1.82) is 0 Å². The van der Waals surface area contributed by atoms with Gasteiger partial charge in [-0.15, -0.1) is 11.6 Å². The molecule has 0 fully saturated rings. The van der Waals surface area contributed by atoms with Crippen LogP contribution in [0.2, 0.25) is 0 Å². The van der Waals surface area contributed by atoms with Gasteiger partial charge in [-0.1, -0.05) is 25.5 Å². The molecule has 0 saturated carbocycles. The fourth-order valence-corrected chi connectivity index (χ4v) is 2.15. The second-order valence-corrected chi connectivity index (χ2v) is 5.05. The van der Waals surface area contributed by atoms with E-state index in [-0.39, 0.29) is 11.7 Å². The molecule has 0 aliphatic heterocycles. The van der Waals surface area contributed by atoms with Crippen LogP contribution in [0.5, 0.6) is 11.5 Å². The number of aryl methyl sites for hydroxylation is 1. The minimum atomic E-state index is -0.335. The van der Waals surface area contributed by atoms with Gasteiger partial charge in [-0.05, 0) is 48.2 Å². The van der Waals surface area contributed by atoms with Gasteiger partial charge in [0.1, 0.15) is 17.3 Å². The van der Waals surface area contributed by atoms with Gasteiger partial charge in [0, 0.05) is 11.9 Å². The number of hydrogen-bond donors (Lipinski definition) is 0. The molecule has 0 aliphatic carbocycles. The summed E-state index contributed by atoms with van der Waals surface area (Å²) in [5, 5.41) is 0. The van der Waals surface area contributed by atoms with Crippen molar-refractivity contribution in [2.45, 2.75) is 32.1 Å². The van der Waals surface area contributed by atoms with E-state index in [9.17, 15) is 4.39 Å². The molecular weight excluding hydrogens is 275 g/mol. The highest BCUT2D eigenvalue weighted by atomic mass is 35.5. The van der Waals surface area contributed by atoms with E-state index in [1.807, 2.05) is 24.3 Å². The summed E-state index contributed by atoms with van der Waals surface area (Å²) in [6.07, 6.45) is 3.44. The summed E-state index contributed by atoms with van der Waals surface area (Å²) < 4.78 is 19.0. The van der Waals surface area contributed by atoms with Crippen LogP contribution < -0.4 is 4.74 Å². The second-order valence-electron chi connectivity index (χ2n) is 4.78. The third-order valence-corrected chi connectivity index (χ3v) is 3.37. The molecule has 2 aromatic carbocycles. The van der Waals surface area contributed by atoms with E-state index in [4.69, 9.17) is 16.3 Å². The standard InChI is InChI=1S/C17H18ClFO/c1-2-3-4-13-5-7-16(8-6-13)20-17-10-14(12-18)9-15(19)11-17/h5-11H,2-4,12H2,1H3. The van der Waals surface area contributed by atoms with Gasteiger partial charge in [0.05, 0.1) is 0 Å². The minimum absolute atomic E-state index is 0.268. The summed E-state index contributed by atoms with van der Waals surface area (Å²) in [6, 6.07) is 12.4. The number of hydrogen-bond acceptors (Lipinski definition) is 1. The molecule has 0 N–H and O–H groups in total. The van der Waals surface area contributed by atoms with Crippen molar-refractivity contribution in [2.24, 2.45) is 0 Å². The number of benzene rings is 2. The van der Waals surface area contributed by atoms with Crippen LogP contribution in [0, 0.1) is 5.82 Å². The molecule has 0 radical (unpaired) electrons. The smallest absolute Gasteiger partial charge is 0.130 e. The molecule has 0 aromatic heterocycles. The molecule has 1 nitrogen and oxygen atoms in total. The van der Waals surface area contributed by atoms with E-state index in [2.05, 4.69) is 6.92 Å². The van der Waals surface area contributed by atoms with Crippen LogP contribution in [0.3, 0.4) is 0 Å². The van der Waals surface area contributed by atoms with Crippen LogP contribution >= 0.6 is 11.6 Å². The summed E-state index contributed by atoms with van der Waals surface area (Å²) in [5.74, 6) is 1.11. The lowest BCUT2D eigenvalue weighted by atomic mass is 10.1. The Balaban J connectivity index is 2.07. The molecule has 106 valence electrons. The van der Waals surface area contributed by atoms with Crippen molar-refractivity contribution in [3.63, 3.8) is 0 Å². The average Bonchev–Trinajstić information content (AvgIpc) is 2.46. The van der Waals surface area contributed by atoms with E-state index in [0.29, 0.717) is 17.1 Å². The fourth-order valence-electron chi connectivity index (χ4n) is 2.00. The van der Waals surface area contributed by atoms with E-state index in [1.165, 1.54) is 30.5 Å². The van der Waals surface area contributed by atoms with Crippen LogP contribution in [0.1, 0.15) is 30.9 Å². The molecule has 0 aliphatic rings. The Morgan fingerprint density at radius 2 is 1.75 bits per heavy atom. The zero-order chi connectivity index (χ0) is 14.4. The Labute approximate surface area is 124 Å². The summed E-state index contributed by atoms with van der Waals surface area (Å²) >= 11 is 5.72. The quantitative estimate of drug-likeness (QED) is 0.621. The first-order valence-corrected chi connectivity index (χ1v) is 7.37. The van der Waals surface area contributed by atoms with Crippen LogP contribution in [0.4, 0.5) is 4.39 Å². The van der Waals surface area contributed by atoms with Gasteiger partial charge in [-0.25, -0.2) is 4.39 Å². The Morgan fingerprint density at radius 1 is 1.00 bits per heavy atom. The summed E-state index contributed by atoms with van der Waals surface area (Å²) in [5.41, 5.74) is 2.00. The molecule has 2 rings (SSSR count). The second kappa shape index (κ2) is 7.30. The van der Waals surface area contributed by atoms with Gasteiger partial charge < -0.3 is 4.74 Å². The molecular formula is C17H18ClFO. The molecule has 0 saturated heterocycles. The number of alkyl halides is 1. The van der Waals surface area contributed by atoms with Crippen LogP contribution in [-0.2, 0) is 12.3 Å². The third kappa shape index (κ3) is 4.24. The summed E-state index contributed by atoms with van der Waals surface area (Å²) in [6.45, 7) is 2.18. The lowest BCUT2D eigenvalue weighted by Crippen LogP contribution is -1.89. The Morgan fingerprint density at radius 3 is 2.40 bits per heavy atom. The number of halogens is 2. The topological polar surface area (TPSA) is 9.23 Å². The normalized spacial score (nSPS) is 10.6. The first-order chi connectivity index (χ1) is 9.71. The fraction of sp³-hybridized carbons (Fsp3) is 0.294. The van der Waals surface area contributed by atoms with Crippen molar-refractivity contribution in [3.8, 4) is 11.5 Å². The van der Waals surface area contributed by atoms with Gasteiger partial charge >= 0.3 is 0 Å². The van der Waals surface area contributed by atoms with E-state index >= 15 is 0 Å². The molecule has 3 heteroatoms. The molecule has 0 spiro atoms. The molecule has 20 heavy (non-hydrogen) atoms. The van der Waals surface area contributed by atoms with E-state index in [1.54, 1.807) is 6.07 Å². The molecule has 0 heterocycles. The monoisotopic (exact) mass is 292 g/mol. The SMILES string of the molecule is CCCCc1ccc(Oc2cc(F)cc(CCl)c2)cc1. The zero-order valence-electron chi connectivity index (χ0n) is 11.5. The van der Waals surface area contributed by atoms with Gasteiger partial charge in [-0.2, -0.15) is 0 Å². The maximum atomic E-state index is 13.4. The third-order valence-electron chi connectivity index (χ3n) is 3.06. The maximum absolute atomic E-state index is 13.4. The maximum Gasteiger partial charge on any atom is 0.130 e. The molecule has 2 aromatic rings. The summed E-state index contributed by atoms with van der Waals surface area (Å²) in [7, 11) is 0. The highest BCUT2D eigenvalue weighted by molar-refractivity contribution is 6.17. The number of ether oxygens (including phenoxy) is 1. The van der Waals surface area contributed by atoms with Crippen molar-refractivity contribution in [2.75, 3.05) is 0 Å². The van der Waals surface area contributed by atoms with Gasteiger partial charge in [0.15, 0.2) is 0 Å². The van der Waals surface area contributed by atoms with Crippen molar-refractivity contribution >= 4 is 11.6 Å². The Bertz CT molecular complexity index is 551. The van der Waals surface area contributed by atoms with Crippen LogP contribution in [0.25, 0.3) is 0 Å². The van der Waals surface area contributed by atoms with Crippen molar-refractivity contribution < 1.29 is 9.13 Å². The van der Waals surface area contributed by atoms with Crippen LogP contribution in [0.15, 0.2) is 42.5 Å². The minimum Gasteiger partial charge on any atom is -0.457 e. The molecule has 0 unspecified atom stereocenters. The van der Waals surface area contributed by atoms with E-state index < -0.39 is 0 Å². The largest absolute Gasteiger partial charge is 0.457 e. The van der Waals surface area contributed by atoms with Crippen molar-refractivity contribution in [1.82, 2.24) is 0 Å². The van der Waals surface area contributed by atoms with Crippen molar-refractivity contribution in [3.05, 3.63) is 59.4 Å². The van der Waals surface area contributed by atoms with Gasteiger partial charge in [0.25, 0.3) is 0 Å². The highest BCUT2D eigenvalue weighted by Crippen LogP contribution is 2.25. The van der Waals surface area contributed by atoms with E-state index in [0.717, 1.165) is 6.42 Å². The predicted molar refractivity (Wildman–Crippen MR) is 81.1 cm³/mol. The van der Waals surface area contributed by atoms with Gasteiger partial charge in [-0.3, -0.25) is 0 Å². The molecule has 0 amide bonds. The Kier molecular flexibility index (Phi) is 5.42. The lowest BCUT2D eigenvalue weighted by molar-refractivity contribution is 0.476. The molecule has 0 bridgehead atoms. The predicted octanol–water partition coefficient (Wildman–Crippen LogP) is 5.70. The number of rotatable bonds is 6. The first kappa shape index (κ1) is 14.9. The zero-order valence-corrected chi connectivity index (χ0v) is 12.3. The highest BCUT2D eigenvalue weighted by Gasteiger charge is 2.03. The summed E-state index contributed by atoms with van der Waals surface area (Å²) in [4.78, 5) is 0.